The van der Waals surface area contributed by atoms with Gasteiger partial charge in [-0.25, -0.2) is 0 Å². The van der Waals surface area contributed by atoms with Crippen LogP contribution in [0, 0.1) is 5.41 Å². The molecule has 1 aliphatic carbocycles. The van der Waals surface area contributed by atoms with Crippen LogP contribution in [0.15, 0.2) is 22.8 Å². The number of ether oxygens (including phenoxy) is 1. The van der Waals surface area contributed by atoms with Gasteiger partial charge in [-0.3, -0.25) is 4.79 Å². The molecule has 1 aromatic heterocycles. The summed E-state index contributed by atoms with van der Waals surface area (Å²) in [6, 6.07) is 3.88. The van der Waals surface area contributed by atoms with Gasteiger partial charge in [0.1, 0.15) is 5.76 Å². The van der Waals surface area contributed by atoms with E-state index in [1.165, 1.54) is 7.11 Å². The van der Waals surface area contributed by atoms with E-state index in [2.05, 4.69) is 0 Å². The molecule has 0 amide bonds. The molecular weight excluding hydrogens is 224 g/mol. The van der Waals surface area contributed by atoms with Gasteiger partial charge < -0.3 is 9.15 Å². The highest BCUT2D eigenvalue weighted by Crippen LogP contribution is 2.51. The number of hydrogen-bond acceptors (Lipinski definition) is 4. The molecule has 0 aliphatic heterocycles. The van der Waals surface area contributed by atoms with E-state index in [1.807, 2.05) is 23.9 Å². The van der Waals surface area contributed by atoms with E-state index in [0.29, 0.717) is 6.42 Å². The molecule has 0 spiro atoms. The average Bonchev–Trinajstić information content (AvgIpc) is 2.83. The normalized spacial score (nSPS) is 17.1. The molecule has 0 aromatic carbocycles. The first-order chi connectivity index (χ1) is 7.74. The Bertz CT molecular complexity index is 341. The number of thioether (sulfide) groups is 1. The van der Waals surface area contributed by atoms with Crippen LogP contribution in [0.3, 0.4) is 0 Å². The molecular formula is C12H16O3S. The highest BCUT2D eigenvalue weighted by Gasteiger charge is 2.44. The molecule has 1 saturated carbocycles. The molecule has 0 unspecified atom stereocenters. The van der Waals surface area contributed by atoms with E-state index in [0.717, 1.165) is 30.1 Å². The summed E-state index contributed by atoms with van der Waals surface area (Å²) >= 11 is 1.83. The summed E-state index contributed by atoms with van der Waals surface area (Å²) in [6.45, 7) is 0. The van der Waals surface area contributed by atoms with Crippen LogP contribution in [0.5, 0.6) is 0 Å². The van der Waals surface area contributed by atoms with E-state index >= 15 is 0 Å². The molecule has 0 atom stereocenters. The van der Waals surface area contributed by atoms with Gasteiger partial charge in [0.05, 0.1) is 25.5 Å². The molecule has 1 aromatic rings. The van der Waals surface area contributed by atoms with Crippen molar-refractivity contribution in [2.75, 3.05) is 12.9 Å². The zero-order chi connectivity index (χ0) is 11.4. The number of hydrogen-bond donors (Lipinski definition) is 0. The SMILES string of the molecule is COC(=O)CC1(CSCc2ccco2)CC1. The first-order valence-electron chi connectivity index (χ1n) is 5.41. The van der Waals surface area contributed by atoms with E-state index < -0.39 is 0 Å². The lowest BCUT2D eigenvalue weighted by Crippen LogP contribution is -2.13. The highest BCUT2D eigenvalue weighted by molar-refractivity contribution is 7.98. The van der Waals surface area contributed by atoms with Crippen molar-refractivity contribution in [1.82, 2.24) is 0 Å². The van der Waals surface area contributed by atoms with Gasteiger partial charge in [0.25, 0.3) is 0 Å². The molecule has 16 heavy (non-hydrogen) atoms. The Labute approximate surface area is 99.5 Å². The third-order valence-electron chi connectivity index (χ3n) is 2.94. The quantitative estimate of drug-likeness (QED) is 0.717. The van der Waals surface area contributed by atoms with Crippen molar-refractivity contribution in [2.45, 2.75) is 25.0 Å². The summed E-state index contributed by atoms with van der Waals surface area (Å²) in [7, 11) is 1.45. The van der Waals surface area contributed by atoms with Gasteiger partial charge in [-0.2, -0.15) is 11.8 Å². The van der Waals surface area contributed by atoms with E-state index in [-0.39, 0.29) is 11.4 Å². The molecule has 1 fully saturated rings. The van der Waals surface area contributed by atoms with Crippen LogP contribution in [0.4, 0.5) is 0 Å². The third kappa shape index (κ3) is 3.04. The summed E-state index contributed by atoms with van der Waals surface area (Å²) < 4.78 is 9.97. The molecule has 0 N–H and O–H groups in total. The number of carbonyl (C=O) groups excluding carboxylic acids is 1. The predicted octanol–water partition coefficient (Wildman–Crippen LogP) is 2.86. The van der Waals surface area contributed by atoms with Gasteiger partial charge in [0.15, 0.2) is 0 Å². The van der Waals surface area contributed by atoms with Gasteiger partial charge in [-0.1, -0.05) is 0 Å². The van der Waals surface area contributed by atoms with Crippen LogP contribution in [-0.2, 0) is 15.3 Å². The smallest absolute Gasteiger partial charge is 0.306 e. The van der Waals surface area contributed by atoms with Crippen LogP contribution in [0.2, 0.25) is 0 Å². The van der Waals surface area contributed by atoms with Crippen molar-refractivity contribution in [1.29, 1.82) is 0 Å². The van der Waals surface area contributed by atoms with E-state index in [9.17, 15) is 4.79 Å². The van der Waals surface area contributed by atoms with Crippen molar-refractivity contribution >= 4 is 17.7 Å². The maximum Gasteiger partial charge on any atom is 0.306 e. The lowest BCUT2D eigenvalue weighted by molar-refractivity contribution is -0.141. The first kappa shape index (κ1) is 11.6. The maximum absolute atomic E-state index is 11.2. The van der Waals surface area contributed by atoms with Gasteiger partial charge in [-0.15, -0.1) is 0 Å². The Balaban J connectivity index is 1.71. The van der Waals surface area contributed by atoms with Crippen LogP contribution < -0.4 is 0 Å². The second kappa shape index (κ2) is 4.95. The Morgan fingerprint density at radius 1 is 1.62 bits per heavy atom. The Kier molecular flexibility index (Phi) is 3.59. The van der Waals surface area contributed by atoms with Gasteiger partial charge in [0.2, 0.25) is 0 Å². The molecule has 1 aliphatic rings. The lowest BCUT2D eigenvalue weighted by atomic mass is 10.1. The number of esters is 1. The van der Waals surface area contributed by atoms with Crippen molar-refractivity contribution in [3.05, 3.63) is 24.2 Å². The number of carbonyl (C=O) groups is 1. The van der Waals surface area contributed by atoms with Crippen LogP contribution in [0.1, 0.15) is 25.0 Å². The molecule has 4 heteroatoms. The van der Waals surface area contributed by atoms with E-state index in [1.54, 1.807) is 6.26 Å². The maximum atomic E-state index is 11.2. The minimum atomic E-state index is -0.0869. The third-order valence-corrected chi connectivity index (χ3v) is 4.24. The second-order valence-corrected chi connectivity index (χ2v) is 5.31. The summed E-state index contributed by atoms with van der Waals surface area (Å²) in [5, 5.41) is 0. The molecule has 88 valence electrons. The van der Waals surface area contributed by atoms with Gasteiger partial charge >= 0.3 is 5.97 Å². The zero-order valence-corrected chi connectivity index (χ0v) is 10.2. The molecule has 3 nitrogen and oxygen atoms in total. The minimum absolute atomic E-state index is 0.0869. The van der Waals surface area contributed by atoms with Crippen LogP contribution >= 0.6 is 11.8 Å². The Hall–Kier alpha value is -0.900. The number of rotatable bonds is 6. The Morgan fingerprint density at radius 3 is 3.00 bits per heavy atom. The van der Waals surface area contributed by atoms with Crippen LogP contribution in [-0.4, -0.2) is 18.8 Å². The van der Waals surface area contributed by atoms with E-state index in [4.69, 9.17) is 9.15 Å². The van der Waals surface area contributed by atoms with Crippen molar-refractivity contribution in [3.63, 3.8) is 0 Å². The van der Waals surface area contributed by atoms with Crippen LogP contribution in [0.25, 0.3) is 0 Å². The monoisotopic (exact) mass is 240 g/mol. The first-order valence-corrected chi connectivity index (χ1v) is 6.57. The van der Waals surface area contributed by atoms with Gasteiger partial charge in [-0.05, 0) is 36.1 Å². The largest absolute Gasteiger partial charge is 0.469 e. The van der Waals surface area contributed by atoms with Crippen molar-refractivity contribution in [3.8, 4) is 0 Å². The second-order valence-electron chi connectivity index (χ2n) is 4.33. The van der Waals surface area contributed by atoms with Gasteiger partial charge in [0, 0.05) is 0 Å². The summed E-state index contributed by atoms with van der Waals surface area (Å²) in [5.74, 6) is 2.81. The van der Waals surface area contributed by atoms with Crippen molar-refractivity contribution in [2.24, 2.45) is 5.41 Å². The molecule has 0 saturated heterocycles. The molecule has 2 rings (SSSR count). The summed E-state index contributed by atoms with van der Waals surface area (Å²) in [5.41, 5.74) is 0.213. The lowest BCUT2D eigenvalue weighted by Gasteiger charge is -2.12. The fourth-order valence-corrected chi connectivity index (χ4v) is 2.98. The fraction of sp³-hybridized carbons (Fsp3) is 0.583. The summed E-state index contributed by atoms with van der Waals surface area (Å²) in [6.07, 6.45) is 4.55. The predicted molar refractivity (Wildman–Crippen MR) is 63.2 cm³/mol. The minimum Gasteiger partial charge on any atom is -0.469 e. The highest BCUT2D eigenvalue weighted by atomic mass is 32.2. The van der Waals surface area contributed by atoms with Crippen molar-refractivity contribution < 1.29 is 13.9 Å². The number of methoxy groups -OCH3 is 1. The molecule has 1 heterocycles. The summed E-state index contributed by atoms with van der Waals surface area (Å²) in [4.78, 5) is 11.2. The number of furan rings is 1. The molecule has 0 bridgehead atoms. The Morgan fingerprint density at radius 2 is 2.44 bits per heavy atom. The standard InChI is InChI=1S/C12H16O3S/c1-14-11(13)7-12(4-5-12)9-16-8-10-3-2-6-15-10/h2-3,6H,4-5,7-9H2,1H3. The topological polar surface area (TPSA) is 39.4 Å². The molecule has 0 radical (unpaired) electrons. The fourth-order valence-electron chi connectivity index (χ4n) is 1.69. The zero-order valence-electron chi connectivity index (χ0n) is 9.40. The average molecular weight is 240 g/mol.